The van der Waals surface area contributed by atoms with Gasteiger partial charge in [0.25, 0.3) is 0 Å². The van der Waals surface area contributed by atoms with E-state index in [0.29, 0.717) is 10.7 Å². The largest absolute Gasteiger partial charge is 0.378 e. The molecule has 0 saturated heterocycles. The Bertz CT molecular complexity index is 516. The minimum Gasteiger partial charge on any atom is -0.378 e. The number of aliphatic imine (C=N–C) groups is 1. The monoisotopic (exact) mass is 283 g/mol. The molecule has 5 nitrogen and oxygen atoms in total. The quantitative estimate of drug-likeness (QED) is 0.864. The third kappa shape index (κ3) is 3.24. The van der Waals surface area contributed by atoms with E-state index in [-0.39, 0.29) is 23.4 Å². The lowest BCUT2D eigenvalue weighted by Crippen LogP contribution is -2.33. The van der Waals surface area contributed by atoms with Crippen LogP contribution >= 0.6 is 23.4 Å². The molecule has 0 saturated carbocycles. The van der Waals surface area contributed by atoms with E-state index in [4.69, 9.17) is 17.3 Å². The summed E-state index contributed by atoms with van der Waals surface area (Å²) in [7, 11) is 0. The smallest absolute Gasteiger partial charge is 0.249 e. The summed E-state index contributed by atoms with van der Waals surface area (Å²) in [5, 5.41) is 2.88. The lowest BCUT2D eigenvalue weighted by molar-refractivity contribution is -0.121. The fraction of sp³-hybridized carbons (Fsp3) is 0.182. The number of rotatable bonds is 2. The van der Waals surface area contributed by atoms with Crippen molar-refractivity contribution in [3.8, 4) is 0 Å². The summed E-state index contributed by atoms with van der Waals surface area (Å²) in [5.41, 5.74) is 6.08. The Balaban J connectivity index is 2.02. The molecule has 0 aliphatic carbocycles. The molecule has 1 heterocycles. The molecular weight excluding hydrogens is 274 g/mol. The van der Waals surface area contributed by atoms with Gasteiger partial charge in [-0.05, 0) is 24.3 Å². The van der Waals surface area contributed by atoms with Crippen molar-refractivity contribution >= 4 is 46.0 Å². The van der Waals surface area contributed by atoms with Crippen molar-refractivity contribution in [3.63, 3.8) is 0 Å². The molecule has 0 fully saturated rings. The topological polar surface area (TPSA) is 84.5 Å². The van der Waals surface area contributed by atoms with Crippen LogP contribution in [0.4, 0.5) is 5.69 Å². The number of hydrogen-bond acceptors (Lipinski definition) is 4. The number of nitrogens with zero attached hydrogens (tertiary/aromatic N) is 1. The number of halogens is 1. The van der Waals surface area contributed by atoms with Crippen molar-refractivity contribution < 1.29 is 9.59 Å². The van der Waals surface area contributed by atoms with Crippen LogP contribution in [0.2, 0.25) is 5.02 Å². The first-order chi connectivity index (χ1) is 8.54. The van der Waals surface area contributed by atoms with Gasteiger partial charge < -0.3 is 11.1 Å². The summed E-state index contributed by atoms with van der Waals surface area (Å²) in [5.74, 6) is -0.643. The molecule has 2 rings (SSSR count). The van der Waals surface area contributed by atoms with Crippen molar-refractivity contribution in [1.29, 1.82) is 0 Å². The minimum atomic E-state index is -0.536. The zero-order valence-electron chi connectivity index (χ0n) is 9.22. The van der Waals surface area contributed by atoms with Gasteiger partial charge in [0, 0.05) is 10.7 Å². The Kier molecular flexibility index (Phi) is 3.88. The summed E-state index contributed by atoms with van der Waals surface area (Å²) in [6.07, 6.45) is 0.0603. The zero-order valence-corrected chi connectivity index (χ0v) is 10.8. The highest BCUT2D eigenvalue weighted by atomic mass is 35.5. The SMILES string of the molecule is NC1=NC(=O)C[C@@H](C(=O)Nc2ccc(Cl)cc2)S1. The van der Waals surface area contributed by atoms with Gasteiger partial charge in [0.15, 0.2) is 5.17 Å². The molecule has 18 heavy (non-hydrogen) atoms. The summed E-state index contributed by atoms with van der Waals surface area (Å²) in [4.78, 5) is 26.7. The van der Waals surface area contributed by atoms with E-state index in [9.17, 15) is 9.59 Å². The second-order valence-electron chi connectivity index (χ2n) is 3.65. The molecule has 0 spiro atoms. The number of anilines is 1. The van der Waals surface area contributed by atoms with Crippen LogP contribution in [0.25, 0.3) is 0 Å². The van der Waals surface area contributed by atoms with Crippen LogP contribution in [0.15, 0.2) is 29.3 Å². The Morgan fingerprint density at radius 1 is 1.44 bits per heavy atom. The van der Waals surface area contributed by atoms with Gasteiger partial charge in [-0.2, -0.15) is 4.99 Å². The first kappa shape index (κ1) is 12.9. The Labute approximate surface area is 113 Å². The maximum Gasteiger partial charge on any atom is 0.249 e. The number of amidine groups is 1. The van der Waals surface area contributed by atoms with Gasteiger partial charge >= 0.3 is 0 Å². The maximum absolute atomic E-state index is 11.9. The molecule has 7 heteroatoms. The van der Waals surface area contributed by atoms with Gasteiger partial charge in [0.05, 0.1) is 6.42 Å². The summed E-state index contributed by atoms with van der Waals surface area (Å²) < 4.78 is 0. The molecule has 3 N–H and O–H groups in total. The molecule has 0 unspecified atom stereocenters. The molecule has 1 atom stereocenters. The minimum absolute atomic E-state index is 0.0603. The number of carbonyl (C=O) groups excluding carboxylic acids is 2. The normalized spacial score (nSPS) is 19.3. The zero-order chi connectivity index (χ0) is 13.1. The van der Waals surface area contributed by atoms with Gasteiger partial charge in [0.1, 0.15) is 5.25 Å². The van der Waals surface area contributed by atoms with Gasteiger partial charge in [-0.3, -0.25) is 9.59 Å². The van der Waals surface area contributed by atoms with E-state index in [0.717, 1.165) is 11.8 Å². The van der Waals surface area contributed by atoms with Gasteiger partial charge in [-0.1, -0.05) is 23.4 Å². The number of amides is 2. The van der Waals surface area contributed by atoms with Crippen LogP contribution < -0.4 is 11.1 Å². The first-order valence-corrected chi connectivity index (χ1v) is 6.40. The lowest BCUT2D eigenvalue weighted by atomic mass is 10.2. The number of carbonyl (C=O) groups is 2. The molecule has 0 bridgehead atoms. The number of thioether (sulfide) groups is 1. The molecule has 94 valence electrons. The maximum atomic E-state index is 11.9. The fourth-order valence-electron chi connectivity index (χ4n) is 1.44. The summed E-state index contributed by atoms with van der Waals surface area (Å²) in [6, 6.07) is 6.72. The van der Waals surface area contributed by atoms with Crippen molar-refractivity contribution in [2.24, 2.45) is 10.7 Å². The number of nitrogens with two attached hydrogens (primary N) is 1. The van der Waals surface area contributed by atoms with Crippen molar-refractivity contribution in [3.05, 3.63) is 29.3 Å². The van der Waals surface area contributed by atoms with Crippen LogP contribution in [0, 0.1) is 0 Å². The number of hydrogen-bond donors (Lipinski definition) is 2. The molecule has 2 amide bonds. The van der Waals surface area contributed by atoms with Gasteiger partial charge in [-0.25, -0.2) is 0 Å². The molecule has 1 aliphatic rings. The second-order valence-corrected chi connectivity index (χ2v) is 5.31. The molecule has 1 aromatic carbocycles. The Morgan fingerprint density at radius 3 is 2.72 bits per heavy atom. The van der Waals surface area contributed by atoms with Crippen LogP contribution in [0.3, 0.4) is 0 Å². The van der Waals surface area contributed by atoms with Crippen LogP contribution in [0.1, 0.15) is 6.42 Å². The van der Waals surface area contributed by atoms with Crippen LogP contribution in [0.5, 0.6) is 0 Å². The van der Waals surface area contributed by atoms with E-state index in [1.165, 1.54) is 0 Å². The standard InChI is InChI=1S/C11H10ClN3O2S/c12-6-1-3-7(4-2-6)14-10(17)8-5-9(16)15-11(13)18-8/h1-4,8H,5H2,(H,14,17)(H2,13,15,16)/t8-/m0/s1. The summed E-state index contributed by atoms with van der Waals surface area (Å²) in [6.45, 7) is 0. The molecule has 0 aromatic heterocycles. The number of benzene rings is 1. The first-order valence-electron chi connectivity index (χ1n) is 5.14. The van der Waals surface area contributed by atoms with E-state index < -0.39 is 5.25 Å². The van der Waals surface area contributed by atoms with Crippen molar-refractivity contribution in [2.75, 3.05) is 5.32 Å². The van der Waals surface area contributed by atoms with E-state index >= 15 is 0 Å². The Morgan fingerprint density at radius 2 is 2.11 bits per heavy atom. The second kappa shape index (κ2) is 5.41. The highest BCUT2D eigenvalue weighted by Crippen LogP contribution is 2.22. The average Bonchev–Trinajstić information content (AvgIpc) is 2.31. The van der Waals surface area contributed by atoms with E-state index in [2.05, 4.69) is 10.3 Å². The van der Waals surface area contributed by atoms with Crippen LogP contribution in [-0.4, -0.2) is 22.2 Å². The van der Waals surface area contributed by atoms with E-state index in [1.54, 1.807) is 24.3 Å². The predicted molar refractivity (Wildman–Crippen MR) is 72.7 cm³/mol. The third-order valence-electron chi connectivity index (χ3n) is 2.26. The number of nitrogens with one attached hydrogen (secondary N) is 1. The molecule has 1 aromatic rings. The van der Waals surface area contributed by atoms with E-state index in [1.807, 2.05) is 0 Å². The predicted octanol–water partition coefficient (Wildman–Crippen LogP) is 1.63. The molecule has 1 aliphatic heterocycles. The highest BCUT2D eigenvalue weighted by molar-refractivity contribution is 8.15. The molecular formula is C11H10ClN3O2S. The van der Waals surface area contributed by atoms with Gasteiger partial charge in [0.2, 0.25) is 11.8 Å². The lowest BCUT2D eigenvalue weighted by Gasteiger charge is -2.17. The molecule has 0 radical (unpaired) electrons. The average molecular weight is 284 g/mol. The third-order valence-corrected chi connectivity index (χ3v) is 3.51. The van der Waals surface area contributed by atoms with Gasteiger partial charge in [-0.15, -0.1) is 0 Å². The van der Waals surface area contributed by atoms with Crippen molar-refractivity contribution in [2.45, 2.75) is 11.7 Å². The van der Waals surface area contributed by atoms with Crippen molar-refractivity contribution in [1.82, 2.24) is 0 Å². The fourth-order valence-corrected chi connectivity index (χ4v) is 2.41. The highest BCUT2D eigenvalue weighted by Gasteiger charge is 2.27. The Hall–Kier alpha value is -1.53. The summed E-state index contributed by atoms with van der Waals surface area (Å²) >= 11 is 6.83. The van der Waals surface area contributed by atoms with Crippen LogP contribution in [-0.2, 0) is 9.59 Å².